The Balaban J connectivity index is 2.14. The summed E-state index contributed by atoms with van der Waals surface area (Å²) in [6.45, 7) is 2.12. The average Bonchev–Trinajstić information content (AvgIpc) is 2.46. The van der Waals surface area contributed by atoms with Crippen LogP contribution < -0.4 is 0 Å². The third-order valence-electron chi connectivity index (χ3n) is 3.64. The monoisotopic (exact) mass is 250 g/mol. The highest BCUT2D eigenvalue weighted by molar-refractivity contribution is 5.86. The molecule has 0 fully saturated rings. The fraction of sp³-hybridized carbons (Fsp3) is 0.111. The van der Waals surface area contributed by atoms with Crippen molar-refractivity contribution >= 4 is 10.8 Å². The Labute approximate surface area is 112 Å². The van der Waals surface area contributed by atoms with Gasteiger partial charge in [0.15, 0.2) is 0 Å². The Bertz CT molecular complexity index is 710. The normalized spacial score (nSPS) is 12.5. The quantitative estimate of drug-likeness (QED) is 0.591. The summed E-state index contributed by atoms with van der Waals surface area (Å²) in [4.78, 5) is 0. The third kappa shape index (κ3) is 2.24. The van der Waals surface area contributed by atoms with Gasteiger partial charge >= 0.3 is 0 Å². The van der Waals surface area contributed by atoms with Gasteiger partial charge in [0.1, 0.15) is 5.82 Å². The summed E-state index contributed by atoms with van der Waals surface area (Å²) in [5.74, 6) is 0.00591. The molecule has 0 bridgehead atoms. The molecule has 3 aromatic carbocycles. The number of hydrogen-bond donors (Lipinski definition) is 0. The molecule has 1 atom stereocenters. The number of rotatable bonds is 2. The third-order valence-corrected chi connectivity index (χ3v) is 3.64. The Morgan fingerprint density at radius 2 is 1.58 bits per heavy atom. The molecule has 0 aliphatic rings. The zero-order chi connectivity index (χ0) is 13.2. The number of halogens is 1. The van der Waals surface area contributed by atoms with Crippen molar-refractivity contribution in [2.75, 3.05) is 0 Å². The van der Waals surface area contributed by atoms with Gasteiger partial charge in [-0.3, -0.25) is 0 Å². The molecule has 0 spiro atoms. The first-order valence-electron chi connectivity index (χ1n) is 6.49. The van der Waals surface area contributed by atoms with E-state index in [0.29, 0.717) is 0 Å². The lowest BCUT2D eigenvalue weighted by Gasteiger charge is -2.15. The molecule has 3 rings (SSSR count). The zero-order valence-electron chi connectivity index (χ0n) is 10.8. The summed E-state index contributed by atoms with van der Waals surface area (Å²) in [7, 11) is 0. The first-order valence-corrected chi connectivity index (χ1v) is 6.49. The van der Waals surface area contributed by atoms with E-state index in [0.717, 1.165) is 5.56 Å². The van der Waals surface area contributed by atoms with E-state index in [1.807, 2.05) is 18.2 Å². The SMILES string of the molecule is C[C@H](c1cccc(F)c1)c1cccc2ccccc12. The van der Waals surface area contributed by atoms with Crippen LogP contribution in [0.1, 0.15) is 24.0 Å². The molecule has 0 amide bonds. The minimum absolute atomic E-state index is 0.176. The highest BCUT2D eigenvalue weighted by atomic mass is 19.1. The highest BCUT2D eigenvalue weighted by Gasteiger charge is 2.11. The van der Waals surface area contributed by atoms with Gasteiger partial charge < -0.3 is 0 Å². The number of hydrogen-bond acceptors (Lipinski definition) is 0. The topological polar surface area (TPSA) is 0 Å². The van der Waals surface area contributed by atoms with Gasteiger partial charge in [-0.1, -0.05) is 61.5 Å². The van der Waals surface area contributed by atoms with Gasteiger partial charge in [-0.05, 0) is 34.0 Å². The maximum Gasteiger partial charge on any atom is 0.123 e. The second-order valence-corrected chi connectivity index (χ2v) is 4.85. The summed E-state index contributed by atoms with van der Waals surface area (Å²) in [6, 6.07) is 21.5. The van der Waals surface area contributed by atoms with Crippen molar-refractivity contribution < 1.29 is 4.39 Å². The predicted octanol–water partition coefficient (Wildman–Crippen LogP) is 5.13. The molecule has 0 aromatic heterocycles. The van der Waals surface area contributed by atoms with E-state index >= 15 is 0 Å². The molecular weight excluding hydrogens is 235 g/mol. The smallest absolute Gasteiger partial charge is 0.123 e. The second kappa shape index (κ2) is 4.85. The van der Waals surface area contributed by atoms with E-state index in [-0.39, 0.29) is 11.7 Å². The molecule has 0 aliphatic heterocycles. The Morgan fingerprint density at radius 3 is 2.42 bits per heavy atom. The van der Waals surface area contributed by atoms with Crippen LogP contribution >= 0.6 is 0 Å². The van der Waals surface area contributed by atoms with E-state index in [2.05, 4.69) is 37.3 Å². The van der Waals surface area contributed by atoms with Crippen molar-refractivity contribution in [3.8, 4) is 0 Å². The summed E-state index contributed by atoms with van der Waals surface area (Å²) in [6.07, 6.45) is 0. The fourth-order valence-corrected chi connectivity index (χ4v) is 2.58. The van der Waals surface area contributed by atoms with Crippen LogP contribution in [-0.2, 0) is 0 Å². The lowest BCUT2D eigenvalue weighted by atomic mass is 9.89. The van der Waals surface area contributed by atoms with E-state index in [4.69, 9.17) is 0 Å². The van der Waals surface area contributed by atoms with Crippen molar-refractivity contribution in [1.82, 2.24) is 0 Å². The van der Waals surface area contributed by atoms with Gasteiger partial charge in [0.25, 0.3) is 0 Å². The van der Waals surface area contributed by atoms with Crippen molar-refractivity contribution in [3.05, 3.63) is 83.7 Å². The Morgan fingerprint density at radius 1 is 0.842 bits per heavy atom. The molecule has 0 unspecified atom stereocenters. The first kappa shape index (κ1) is 11.9. The van der Waals surface area contributed by atoms with Gasteiger partial charge in [0, 0.05) is 5.92 Å². The van der Waals surface area contributed by atoms with Gasteiger partial charge in [-0.15, -0.1) is 0 Å². The predicted molar refractivity (Wildman–Crippen MR) is 77.9 cm³/mol. The first-order chi connectivity index (χ1) is 9.25. The van der Waals surface area contributed by atoms with Crippen molar-refractivity contribution in [2.45, 2.75) is 12.8 Å². The second-order valence-electron chi connectivity index (χ2n) is 4.85. The minimum Gasteiger partial charge on any atom is -0.207 e. The van der Waals surface area contributed by atoms with E-state index < -0.39 is 0 Å². The van der Waals surface area contributed by atoms with E-state index in [1.54, 1.807) is 12.1 Å². The molecule has 3 aromatic rings. The molecule has 0 saturated heterocycles. The minimum atomic E-state index is -0.176. The van der Waals surface area contributed by atoms with Gasteiger partial charge in [-0.25, -0.2) is 4.39 Å². The Hall–Kier alpha value is -2.15. The maximum absolute atomic E-state index is 13.4. The molecule has 0 heterocycles. The standard InChI is InChI=1S/C18H15F/c1-13(15-8-4-9-16(19)12-15)17-11-5-7-14-6-2-3-10-18(14)17/h2-13H,1H3/t13-/m1/s1. The van der Waals surface area contributed by atoms with Crippen LogP contribution in [0.25, 0.3) is 10.8 Å². The molecular formula is C18H15F. The molecule has 19 heavy (non-hydrogen) atoms. The summed E-state index contributed by atoms with van der Waals surface area (Å²) in [5.41, 5.74) is 2.25. The molecule has 0 saturated carbocycles. The van der Waals surface area contributed by atoms with Crippen molar-refractivity contribution in [1.29, 1.82) is 0 Å². The van der Waals surface area contributed by atoms with Crippen LogP contribution in [0.2, 0.25) is 0 Å². The lowest BCUT2D eigenvalue weighted by Crippen LogP contribution is -1.97. The van der Waals surface area contributed by atoms with Crippen LogP contribution in [-0.4, -0.2) is 0 Å². The fourth-order valence-electron chi connectivity index (χ4n) is 2.58. The molecule has 0 aliphatic carbocycles. The highest BCUT2D eigenvalue weighted by Crippen LogP contribution is 2.30. The van der Waals surface area contributed by atoms with Crippen molar-refractivity contribution in [2.24, 2.45) is 0 Å². The van der Waals surface area contributed by atoms with Crippen LogP contribution in [0.4, 0.5) is 4.39 Å². The number of fused-ring (bicyclic) bond motifs is 1. The zero-order valence-corrected chi connectivity index (χ0v) is 10.8. The van der Waals surface area contributed by atoms with Gasteiger partial charge in [-0.2, -0.15) is 0 Å². The summed E-state index contributed by atoms with van der Waals surface area (Å²) < 4.78 is 13.4. The summed E-state index contributed by atoms with van der Waals surface area (Å²) in [5, 5.41) is 2.46. The number of benzene rings is 3. The summed E-state index contributed by atoms with van der Waals surface area (Å²) >= 11 is 0. The molecule has 94 valence electrons. The van der Waals surface area contributed by atoms with Crippen molar-refractivity contribution in [3.63, 3.8) is 0 Å². The molecule has 0 N–H and O–H groups in total. The van der Waals surface area contributed by atoms with Gasteiger partial charge in [0.2, 0.25) is 0 Å². The Kier molecular flexibility index (Phi) is 3.04. The lowest BCUT2D eigenvalue weighted by molar-refractivity contribution is 0.624. The van der Waals surface area contributed by atoms with Crippen LogP contribution in [0.15, 0.2) is 66.7 Å². The molecule has 0 radical (unpaired) electrons. The average molecular weight is 250 g/mol. The van der Waals surface area contributed by atoms with Crippen LogP contribution in [0.3, 0.4) is 0 Å². The largest absolute Gasteiger partial charge is 0.207 e. The molecule has 1 heteroatoms. The van der Waals surface area contributed by atoms with E-state index in [9.17, 15) is 4.39 Å². The maximum atomic E-state index is 13.4. The van der Waals surface area contributed by atoms with Gasteiger partial charge in [0.05, 0.1) is 0 Å². The van der Waals surface area contributed by atoms with Crippen LogP contribution in [0, 0.1) is 5.82 Å². The van der Waals surface area contributed by atoms with E-state index in [1.165, 1.54) is 22.4 Å². The molecule has 0 nitrogen and oxygen atoms in total. The van der Waals surface area contributed by atoms with Crippen LogP contribution in [0.5, 0.6) is 0 Å².